The summed E-state index contributed by atoms with van der Waals surface area (Å²) in [5.74, 6) is -3.40. The number of hydrogen-bond acceptors (Lipinski definition) is 3. The molecule has 3 aromatic rings. The van der Waals surface area contributed by atoms with Crippen molar-refractivity contribution in [3.8, 4) is 22.9 Å². The maximum absolute atomic E-state index is 13.6. The fourth-order valence-electron chi connectivity index (χ4n) is 1.77. The van der Waals surface area contributed by atoms with E-state index in [0.717, 1.165) is 0 Å². The highest BCUT2D eigenvalue weighted by Gasteiger charge is 2.19. The SMILES string of the molecule is Fc1cc(F)c(-c2nnc(-c3ccccc3)o2)c(F)c1. The van der Waals surface area contributed by atoms with Crippen LogP contribution < -0.4 is 0 Å². The van der Waals surface area contributed by atoms with Gasteiger partial charge in [0.25, 0.3) is 5.89 Å². The minimum atomic E-state index is -1.09. The maximum Gasteiger partial charge on any atom is 0.254 e. The average Bonchev–Trinajstić information content (AvgIpc) is 2.88. The molecule has 0 saturated heterocycles. The molecule has 0 aliphatic heterocycles. The summed E-state index contributed by atoms with van der Waals surface area (Å²) in [7, 11) is 0. The van der Waals surface area contributed by atoms with Crippen LogP contribution in [-0.4, -0.2) is 10.2 Å². The highest BCUT2D eigenvalue weighted by atomic mass is 19.1. The van der Waals surface area contributed by atoms with Crippen molar-refractivity contribution in [2.24, 2.45) is 0 Å². The van der Waals surface area contributed by atoms with Crippen molar-refractivity contribution < 1.29 is 17.6 Å². The number of hydrogen-bond donors (Lipinski definition) is 0. The summed E-state index contributed by atoms with van der Waals surface area (Å²) in [6.07, 6.45) is 0. The van der Waals surface area contributed by atoms with E-state index in [2.05, 4.69) is 10.2 Å². The van der Waals surface area contributed by atoms with Crippen LogP contribution in [0, 0.1) is 17.5 Å². The summed E-state index contributed by atoms with van der Waals surface area (Å²) >= 11 is 0. The van der Waals surface area contributed by atoms with Gasteiger partial charge in [0.1, 0.15) is 23.0 Å². The van der Waals surface area contributed by atoms with Crippen LogP contribution in [0.1, 0.15) is 0 Å². The molecule has 0 radical (unpaired) electrons. The molecule has 2 aromatic carbocycles. The van der Waals surface area contributed by atoms with Crippen molar-refractivity contribution in [3.05, 3.63) is 59.9 Å². The number of halogens is 3. The molecule has 0 fully saturated rings. The molecule has 0 bridgehead atoms. The Bertz CT molecular complexity index is 733. The third-order valence-electron chi connectivity index (χ3n) is 2.67. The van der Waals surface area contributed by atoms with Gasteiger partial charge in [-0.25, -0.2) is 13.2 Å². The molecule has 0 amide bonds. The monoisotopic (exact) mass is 276 g/mol. The molecular formula is C14H7F3N2O. The maximum atomic E-state index is 13.6. The van der Waals surface area contributed by atoms with Crippen LogP contribution in [0.25, 0.3) is 22.9 Å². The molecule has 0 saturated carbocycles. The number of nitrogens with zero attached hydrogens (tertiary/aromatic N) is 2. The van der Waals surface area contributed by atoms with Crippen LogP contribution in [0.5, 0.6) is 0 Å². The second-order valence-corrected chi connectivity index (χ2v) is 4.02. The van der Waals surface area contributed by atoms with Crippen LogP contribution in [0.15, 0.2) is 46.9 Å². The summed E-state index contributed by atoms with van der Waals surface area (Å²) < 4.78 is 45.3. The quantitative estimate of drug-likeness (QED) is 0.714. The van der Waals surface area contributed by atoms with E-state index in [0.29, 0.717) is 17.7 Å². The Balaban J connectivity index is 2.07. The molecule has 0 aliphatic rings. The predicted molar refractivity (Wildman–Crippen MR) is 65.0 cm³/mol. The number of benzene rings is 2. The summed E-state index contributed by atoms with van der Waals surface area (Å²) in [6.45, 7) is 0. The lowest BCUT2D eigenvalue weighted by atomic mass is 10.2. The molecule has 100 valence electrons. The van der Waals surface area contributed by atoms with Gasteiger partial charge in [-0.15, -0.1) is 10.2 Å². The van der Waals surface area contributed by atoms with Gasteiger partial charge >= 0.3 is 0 Å². The first-order valence-corrected chi connectivity index (χ1v) is 5.69. The molecule has 3 nitrogen and oxygen atoms in total. The van der Waals surface area contributed by atoms with Crippen LogP contribution in [0.2, 0.25) is 0 Å². The van der Waals surface area contributed by atoms with E-state index in [4.69, 9.17) is 4.42 Å². The Morgan fingerprint density at radius 1 is 0.800 bits per heavy atom. The van der Waals surface area contributed by atoms with Crippen molar-refractivity contribution in [1.29, 1.82) is 0 Å². The lowest BCUT2D eigenvalue weighted by molar-refractivity contribution is 0.528. The largest absolute Gasteiger partial charge is 0.416 e. The van der Waals surface area contributed by atoms with E-state index in [1.165, 1.54) is 0 Å². The Labute approximate surface area is 111 Å². The van der Waals surface area contributed by atoms with E-state index in [1.807, 2.05) is 0 Å². The first kappa shape index (κ1) is 12.4. The second kappa shape index (κ2) is 4.80. The van der Waals surface area contributed by atoms with Gasteiger partial charge < -0.3 is 4.42 Å². The Morgan fingerprint density at radius 3 is 2.05 bits per heavy atom. The van der Waals surface area contributed by atoms with E-state index in [9.17, 15) is 13.2 Å². The fraction of sp³-hybridized carbons (Fsp3) is 0. The molecular weight excluding hydrogens is 269 g/mol. The van der Waals surface area contributed by atoms with Crippen molar-refractivity contribution in [3.63, 3.8) is 0 Å². The van der Waals surface area contributed by atoms with Gasteiger partial charge in [0, 0.05) is 17.7 Å². The van der Waals surface area contributed by atoms with Gasteiger partial charge in [0.15, 0.2) is 0 Å². The van der Waals surface area contributed by atoms with Crippen LogP contribution >= 0.6 is 0 Å². The van der Waals surface area contributed by atoms with Gasteiger partial charge in [-0.2, -0.15) is 0 Å². The molecule has 1 aromatic heterocycles. The van der Waals surface area contributed by atoms with Crippen molar-refractivity contribution >= 4 is 0 Å². The van der Waals surface area contributed by atoms with Gasteiger partial charge in [-0.1, -0.05) is 18.2 Å². The molecule has 0 N–H and O–H groups in total. The molecule has 1 heterocycles. The van der Waals surface area contributed by atoms with Crippen molar-refractivity contribution in [2.75, 3.05) is 0 Å². The topological polar surface area (TPSA) is 38.9 Å². The van der Waals surface area contributed by atoms with Crippen LogP contribution in [0.4, 0.5) is 13.2 Å². The van der Waals surface area contributed by atoms with Gasteiger partial charge in [0.05, 0.1) is 0 Å². The molecule has 3 rings (SSSR count). The molecule has 0 atom stereocenters. The summed E-state index contributed by atoms with van der Waals surface area (Å²) in [6, 6.07) is 9.88. The van der Waals surface area contributed by atoms with Gasteiger partial charge in [-0.3, -0.25) is 0 Å². The highest BCUT2D eigenvalue weighted by Crippen LogP contribution is 2.28. The van der Waals surface area contributed by atoms with Crippen molar-refractivity contribution in [2.45, 2.75) is 0 Å². The highest BCUT2D eigenvalue weighted by molar-refractivity contribution is 5.58. The summed E-state index contributed by atoms with van der Waals surface area (Å²) in [5.41, 5.74) is 0.0789. The van der Waals surface area contributed by atoms with Crippen LogP contribution in [0.3, 0.4) is 0 Å². The van der Waals surface area contributed by atoms with E-state index in [1.54, 1.807) is 30.3 Å². The number of aromatic nitrogens is 2. The Hall–Kier alpha value is -2.63. The zero-order valence-electron chi connectivity index (χ0n) is 9.98. The zero-order valence-corrected chi connectivity index (χ0v) is 9.98. The van der Waals surface area contributed by atoms with Gasteiger partial charge in [0.2, 0.25) is 5.89 Å². The predicted octanol–water partition coefficient (Wildman–Crippen LogP) is 3.82. The Kier molecular flexibility index (Phi) is 2.98. The molecule has 20 heavy (non-hydrogen) atoms. The van der Waals surface area contributed by atoms with Gasteiger partial charge in [-0.05, 0) is 12.1 Å². The molecule has 0 aliphatic carbocycles. The van der Waals surface area contributed by atoms with Crippen molar-refractivity contribution in [1.82, 2.24) is 10.2 Å². The Morgan fingerprint density at radius 2 is 1.40 bits per heavy atom. The lowest BCUT2D eigenvalue weighted by Crippen LogP contribution is -1.92. The normalized spacial score (nSPS) is 10.8. The van der Waals surface area contributed by atoms with E-state index >= 15 is 0 Å². The molecule has 6 heteroatoms. The smallest absolute Gasteiger partial charge is 0.254 e. The molecule has 0 spiro atoms. The number of rotatable bonds is 2. The third kappa shape index (κ3) is 2.16. The van der Waals surface area contributed by atoms with E-state index in [-0.39, 0.29) is 11.8 Å². The van der Waals surface area contributed by atoms with E-state index < -0.39 is 23.0 Å². The molecule has 0 unspecified atom stereocenters. The second-order valence-electron chi connectivity index (χ2n) is 4.02. The van der Waals surface area contributed by atoms with Crippen LogP contribution in [-0.2, 0) is 0 Å². The fourth-order valence-corrected chi connectivity index (χ4v) is 1.77. The zero-order chi connectivity index (χ0) is 14.1. The first-order chi connectivity index (χ1) is 9.65. The minimum Gasteiger partial charge on any atom is -0.416 e. The summed E-state index contributed by atoms with van der Waals surface area (Å²) in [5, 5.41) is 7.32. The average molecular weight is 276 g/mol. The lowest BCUT2D eigenvalue weighted by Gasteiger charge is -2.00. The third-order valence-corrected chi connectivity index (χ3v) is 2.67. The first-order valence-electron chi connectivity index (χ1n) is 5.69. The standard InChI is InChI=1S/C14H7F3N2O/c15-9-6-10(16)12(11(17)7-9)14-19-18-13(20-14)8-4-2-1-3-5-8/h1-7H. The summed E-state index contributed by atoms with van der Waals surface area (Å²) in [4.78, 5) is 0. The minimum absolute atomic E-state index is 0.128.